The number of rotatable bonds is 4. The summed E-state index contributed by atoms with van der Waals surface area (Å²) in [5, 5.41) is 14.6. The molecule has 112 valence electrons. The molecular formula is C14H9BrClN3O3. The average Bonchev–Trinajstić information content (AvgIpc) is 2.49. The van der Waals surface area contributed by atoms with Gasteiger partial charge in [0.1, 0.15) is 5.02 Å². The molecule has 0 atom stereocenters. The van der Waals surface area contributed by atoms with Crippen LogP contribution in [0, 0.1) is 10.1 Å². The zero-order chi connectivity index (χ0) is 16.1. The highest BCUT2D eigenvalue weighted by atomic mass is 79.9. The van der Waals surface area contributed by atoms with Gasteiger partial charge in [0, 0.05) is 16.1 Å². The molecule has 0 aromatic heterocycles. The van der Waals surface area contributed by atoms with Gasteiger partial charge < -0.3 is 0 Å². The summed E-state index contributed by atoms with van der Waals surface area (Å²) >= 11 is 9.00. The summed E-state index contributed by atoms with van der Waals surface area (Å²) < 4.78 is 0.933. The molecule has 8 heteroatoms. The SMILES string of the molecule is O=C(NN=Cc1ccc(Br)cc1)c1ccc(Cl)c([N+](=O)[O-])c1. The molecule has 6 nitrogen and oxygen atoms in total. The van der Waals surface area contributed by atoms with Crippen molar-refractivity contribution in [1.82, 2.24) is 5.43 Å². The van der Waals surface area contributed by atoms with Crippen molar-refractivity contribution >= 4 is 45.3 Å². The van der Waals surface area contributed by atoms with Crippen LogP contribution in [0.3, 0.4) is 0 Å². The molecule has 0 aliphatic carbocycles. The van der Waals surface area contributed by atoms with Crippen molar-refractivity contribution in [3.8, 4) is 0 Å². The summed E-state index contributed by atoms with van der Waals surface area (Å²) in [4.78, 5) is 22.0. The Hall–Kier alpha value is -2.25. The number of nitro benzene ring substituents is 1. The minimum Gasteiger partial charge on any atom is -0.267 e. The second-order valence-electron chi connectivity index (χ2n) is 4.17. The van der Waals surface area contributed by atoms with Crippen LogP contribution in [0.2, 0.25) is 5.02 Å². The Balaban J connectivity index is 2.08. The van der Waals surface area contributed by atoms with Gasteiger partial charge in [0.2, 0.25) is 0 Å². The predicted molar refractivity (Wildman–Crippen MR) is 87.3 cm³/mol. The Morgan fingerprint density at radius 3 is 2.59 bits per heavy atom. The molecule has 0 spiro atoms. The first-order valence-electron chi connectivity index (χ1n) is 6.00. The highest BCUT2D eigenvalue weighted by Gasteiger charge is 2.15. The van der Waals surface area contributed by atoms with Crippen molar-refractivity contribution in [1.29, 1.82) is 0 Å². The third-order valence-electron chi connectivity index (χ3n) is 2.65. The monoisotopic (exact) mass is 381 g/mol. The van der Waals surface area contributed by atoms with Crippen LogP contribution in [0.5, 0.6) is 0 Å². The number of nitrogens with one attached hydrogen (secondary N) is 1. The predicted octanol–water partition coefficient (Wildman–Crippen LogP) is 3.77. The number of carbonyl (C=O) groups excluding carboxylic acids is 1. The molecule has 0 bridgehead atoms. The second-order valence-corrected chi connectivity index (χ2v) is 5.50. The number of nitrogens with zero attached hydrogens (tertiary/aromatic N) is 2. The maximum atomic E-state index is 11.9. The van der Waals surface area contributed by atoms with E-state index in [2.05, 4.69) is 26.5 Å². The van der Waals surface area contributed by atoms with Gasteiger partial charge in [0.15, 0.2) is 0 Å². The van der Waals surface area contributed by atoms with E-state index in [4.69, 9.17) is 11.6 Å². The van der Waals surface area contributed by atoms with E-state index < -0.39 is 10.8 Å². The maximum Gasteiger partial charge on any atom is 0.288 e. The van der Waals surface area contributed by atoms with Gasteiger partial charge in [0.25, 0.3) is 11.6 Å². The van der Waals surface area contributed by atoms with Crippen molar-refractivity contribution in [2.75, 3.05) is 0 Å². The molecule has 0 fully saturated rings. The Kier molecular flexibility index (Phi) is 5.24. The molecule has 2 aromatic rings. The number of nitro groups is 1. The number of hydrogen-bond acceptors (Lipinski definition) is 4. The van der Waals surface area contributed by atoms with E-state index in [1.807, 2.05) is 24.3 Å². The van der Waals surface area contributed by atoms with E-state index in [0.717, 1.165) is 16.1 Å². The zero-order valence-electron chi connectivity index (χ0n) is 11.0. The Morgan fingerprint density at radius 2 is 1.95 bits per heavy atom. The van der Waals surface area contributed by atoms with Gasteiger partial charge in [-0.05, 0) is 29.8 Å². The number of carbonyl (C=O) groups is 1. The van der Waals surface area contributed by atoms with E-state index in [-0.39, 0.29) is 16.3 Å². The summed E-state index contributed by atoms with van der Waals surface area (Å²) in [6.07, 6.45) is 1.47. The van der Waals surface area contributed by atoms with Crippen molar-refractivity contribution in [2.24, 2.45) is 5.10 Å². The van der Waals surface area contributed by atoms with Crippen LogP contribution < -0.4 is 5.43 Å². The van der Waals surface area contributed by atoms with E-state index in [0.29, 0.717) is 0 Å². The molecule has 2 aromatic carbocycles. The smallest absolute Gasteiger partial charge is 0.267 e. The molecule has 0 aliphatic heterocycles. The number of amides is 1. The fourth-order valence-corrected chi connectivity index (χ4v) is 2.02. The summed E-state index contributed by atoms with van der Waals surface area (Å²) in [5.74, 6) is -0.562. The fraction of sp³-hybridized carbons (Fsp3) is 0. The first-order valence-corrected chi connectivity index (χ1v) is 7.17. The van der Waals surface area contributed by atoms with E-state index >= 15 is 0 Å². The van der Waals surface area contributed by atoms with E-state index in [1.165, 1.54) is 18.3 Å². The molecule has 2 rings (SSSR count). The van der Waals surface area contributed by atoms with Crippen LogP contribution in [-0.4, -0.2) is 17.0 Å². The molecular weight excluding hydrogens is 374 g/mol. The number of hydrazone groups is 1. The first-order chi connectivity index (χ1) is 10.5. The van der Waals surface area contributed by atoms with Gasteiger partial charge in [-0.3, -0.25) is 14.9 Å². The third kappa shape index (κ3) is 4.12. The molecule has 1 N–H and O–H groups in total. The summed E-state index contributed by atoms with van der Waals surface area (Å²) in [7, 11) is 0. The Labute approximate surface area is 139 Å². The Morgan fingerprint density at radius 1 is 1.27 bits per heavy atom. The topological polar surface area (TPSA) is 84.6 Å². The highest BCUT2D eigenvalue weighted by molar-refractivity contribution is 9.10. The average molecular weight is 383 g/mol. The van der Waals surface area contributed by atoms with Gasteiger partial charge >= 0.3 is 0 Å². The number of halogens is 2. The maximum absolute atomic E-state index is 11.9. The molecule has 0 unspecified atom stereocenters. The minimum absolute atomic E-state index is 0.0279. The van der Waals surface area contributed by atoms with Crippen LogP contribution in [-0.2, 0) is 0 Å². The zero-order valence-corrected chi connectivity index (χ0v) is 13.3. The molecule has 0 saturated carbocycles. The van der Waals surface area contributed by atoms with Crippen LogP contribution in [0.1, 0.15) is 15.9 Å². The largest absolute Gasteiger partial charge is 0.288 e. The lowest BCUT2D eigenvalue weighted by molar-refractivity contribution is -0.384. The van der Waals surface area contributed by atoms with E-state index in [9.17, 15) is 14.9 Å². The summed E-state index contributed by atoms with van der Waals surface area (Å²) in [6.45, 7) is 0. The molecule has 0 radical (unpaired) electrons. The third-order valence-corrected chi connectivity index (χ3v) is 3.50. The van der Waals surface area contributed by atoms with Crippen molar-refractivity contribution < 1.29 is 9.72 Å². The summed E-state index contributed by atoms with van der Waals surface area (Å²) in [5.41, 5.74) is 2.87. The van der Waals surface area contributed by atoms with Gasteiger partial charge in [-0.2, -0.15) is 5.10 Å². The van der Waals surface area contributed by atoms with Crippen LogP contribution >= 0.6 is 27.5 Å². The summed E-state index contributed by atoms with van der Waals surface area (Å²) in [6, 6.07) is 11.1. The molecule has 0 heterocycles. The first kappa shape index (κ1) is 16.1. The van der Waals surface area contributed by atoms with Gasteiger partial charge in [0.05, 0.1) is 11.1 Å². The quantitative estimate of drug-likeness (QED) is 0.496. The fourth-order valence-electron chi connectivity index (χ4n) is 1.57. The lowest BCUT2D eigenvalue weighted by atomic mass is 10.2. The van der Waals surface area contributed by atoms with Crippen molar-refractivity contribution in [3.63, 3.8) is 0 Å². The molecule has 22 heavy (non-hydrogen) atoms. The van der Waals surface area contributed by atoms with Gasteiger partial charge in [-0.25, -0.2) is 5.43 Å². The van der Waals surface area contributed by atoms with Gasteiger partial charge in [-0.15, -0.1) is 0 Å². The standard InChI is InChI=1S/C14H9BrClN3O3/c15-11-4-1-9(2-5-11)8-17-18-14(20)10-3-6-12(16)13(7-10)19(21)22/h1-8H,(H,18,20). The van der Waals surface area contributed by atoms with Gasteiger partial charge in [-0.1, -0.05) is 39.7 Å². The lowest BCUT2D eigenvalue weighted by Gasteiger charge is -2.01. The van der Waals surface area contributed by atoms with Crippen LogP contribution in [0.4, 0.5) is 5.69 Å². The van der Waals surface area contributed by atoms with Crippen LogP contribution in [0.25, 0.3) is 0 Å². The minimum atomic E-state index is -0.649. The van der Waals surface area contributed by atoms with Crippen molar-refractivity contribution in [2.45, 2.75) is 0 Å². The molecule has 1 amide bonds. The number of benzene rings is 2. The molecule has 0 aliphatic rings. The highest BCUT2D eigenvalue weighted by Crippen LogP contribution is 2.24. The number of hydrogen-bond donors (Lipinski definition) is 1. The molecule has 0 saturated heterocycles. The lowest BCUT2D eigenvalue weighted by Crippen LogP contribution is -2.17. The van der Waals surface area contributed by atoms with Crippen LogP contribution in [0.15, 0.2) is 52.0 Å². The van der Waals surface area contributed by atoms with Crippen molar-refractivity contribution in [3.05, 3.63) is 73.2 Å². The normalized spacial score (nSPS) is 10.6. The Bertz CT molecular complexity index is 747. The van der Waals surface area contributed by atoms with E-state index in [1.54, 1.807) is 0 Å². The second kappa shape index (κ2) is 7.15.